The van der Waals surface area contributed by atoms with Crippen molar-refractivity contribution in [2.75, 3.05) is 19.0 Å². The number of hydrogen-bond acceptors (Lipinski definition) is 3. The Balaban J connectivity index is 2.01. The van der Waals surface area contributed by atoms with E-state index in [0.717, 1.165) is 25.0 Å². The zero-order chi connectivity index (χ0) is 13.7. The SMILES string of the molecule is COc1ccc(NC(=O)N2CCCCC2C#N)cc1. The maximum absolute atomic E-state index is 12.1. The Morgan fingerprint density at radius 2 is 2.16 bits per heavy atom. The van der Waals surface area contributed by atoms with E-state index in [4.69, 9.17) is 10.00 Å². The number of anilines is 1. The highest BCUT2D eigenvalue weighted by Gasteiger charge is 2.26. The Bertz CT molecular complexity index is 478. The van der Waals surface area contributed by atoms with Gasteiger partial charge in [0.05, 0.1) is 13.2 Å². The Morgan fingerprint density at radius 3 is 2.79 bits per heavy atom. The van der Waals surface area contributed by atoms with Gasteiger partial charge in [0.1, 0.15) is 11.8 Å². The van der Waals surface area contributed by atoms with Crippen LogP contribution in [0.3, 0.4) is 0 Å². The summed E-state index contributed by atoms with van der Waals surface area (Å²) in [5.41, 5.74) is 0.702. The van der Waals surface area contributed by atoms with Crippen molar-refractivity contribution in [3.05, 3.63) is 24.3 Å². The first kappa shape index (κ1) is 13.2. The highest BCUT2D eigenvalue weighted by molar-refractivity contribution is 5.89. The molecule has 1 aromatic carbocycles. The lowest BCUT2D eigenvalue weighted by atomic mass is 10.0. The second-order valence-corrected chi connectivity index (χ2v) is 4.49. The van der Waals surface area contributed by atoms with Gasteiger partial charge in [-0.25, -0.2) is 4.79 Å². The number of carbonyl (C=O) groups excluding carboxylic acids is 1. The molecule has 0 aliphatic carbocycles. The van der Waals surface area contributed by atoms with E-state index < -0.39 is 0 Å². The zero-order valence-electron chi connectivity index (χ0n) is 10.9. The summed E-state index contributed by atoms with van der Waals surface area (Å²) in [6.45, 7) is 0.639. The Labute approximate surface area is 112 Å². The molecule has 0 saturated carbocycles. The molecule has 0 bridgehead atoms. The van der Waals surface area contributed by atoms with Crippen LogP contribution in [0, 0.1) is 11.3 Å². The van der Waals surface area contributed by atoms with Gasteiger partial charge in [-0.3, -0.25) is 0 Å². The minimum atomic E-state index is -0.313. The molecule has 1 unspecified atom stereocenters. The molecule has 1 aliphatic heterocycles. The predicted molar refractivity (Wildman–Crippen MR) is 72.0 cm³/mol. The highest BCUT2D eigenvalue weighted by atomic mass is 16.5. The molecule has 5 nitrogen and oxygen atoms in total. The molecule has 0 spiro atoms. The summed E-state index contributed by atoms with van der Waals surface area (Å²) < 4.78 is 5.06. The van der Waals surface area contributed by atoms with E-state index in [1.165, 1.54) is 0 Å². The van der Waals surface area contributed by atoms with Crippen molar-refractivity contribution in [3.63, 3.8) is 0 Å². The molecule has 0 aromatic heterocycles. The van der Waals surface area contributed by atoms with E-state index in [-0.39, 0.29) is 12.1 Å². The van der Waals surface area contributed by atoms with Crippen LogP contribution in [0.15, 0.2) is 24.3 Å². The summed E-state index contributed by atoms with van der Waals surface area (Å²) in [5.74, 6) is 0.742. The number of urea groups is 1. The number of benzene rings is 1. The summed E-state index contributed by atoms with van der Waals surface area (Å²) in [6, 6.07) is 8.79. The number of likely N-dealkylation sites (tertiary alicyclic amines) is 1. The summed E-state index contributed by atoms with van der Waals surface area (Å²) in [7, 11) is 1.60. The molecule has 2 amide bonds. The maximum atomic E-state index is 12.1. The topological polar surface area (TPSA) is 65.4 Å². The number of piperidine rings is 1. The van der Waals surface area contributed by atoms with Gasteiger partial charge >= 0.3 is 6.03 Å². The van der Waals surface area contributed by atoms with Crippen LogP contribution in [-0.2, 0) is 0 Å². The third kappa shape index (κ3) is 3.16. The van der Waals surface area contributed by atoms with Gasteiger partial charge in [0.25, 0.3) is 0 Å². The van der Waals surface area contributed by atoms with Crippen LogP contribution in [0.4, 0.5) is 10.5 Å². The molecule has 1 atom stereocenters. The third-order valence-corrected chi connectivity index (χ3v) is 3.25. The molecule has 1 aliphatic rings. The highest BCUT2D eigenvalue weighted by Crippen LogP contribution is 2.19. The third-order valence-electron chi connectivity index (χ3n) is 3.25. The second-order valence-electron chi connectivity index (χ2n) is 4.49. The van der Waals surface area contributed by atoms with Crippen LogP contribution in [0.2, 0.25) is 0 Å². The second kappa shape index (κ2) is 6.10. The van der Waals surface area contributed by atoms with Crippen LogP contribution in [-0.4, -0.2) is 30.6 Å². The van der Waals surface area contributed by atoms with Gasteiger partial charge < -0.3 is 15.0 Å². The molecular weight excluding hydrogens is 242 g/mol. The van der Waals surface area contributed by atoms with Crippen molar-refractivity contribution in [3.8, 4) is 11.8 Å². The number of nitriles is 1. The Kier molecular flexibility index (Phi) is 4.24. The van der Waals surface area contributed by atoms with Gasteiger partial charge in [-0.05, 0) is 43.5 Å². The minimum Gasteiger partial charge on any atom is -0.497 e. The van der Waals surface area contributed by atoms with Crippen LogP contribution >= 0.6 is 0 Å². The minimum absolute atomic E-state index is 0.212. The maximum Gasteiger partial charge on any atom is 0.322 e. The number of ether oxygens (including phenoxy) is 1. The normalized spacial score (nSPS) is 18.5. The number of nitrogens with zero attached hydrogens (tertiary/aromatic N) is 2. The van der Waals surface area contributed by atoms with Gasteiger partial charge in [-0.2, -0.15) is 5.26 Å². The number of nitrogens with one attached hydrogen (secondary N) is 1. The van der Waals surface area contributed by atoms with E-state index in [1.807, 2.05) is 0 Å². The van der Waals surface area contributed by atoms with E-state index >= 15 is 0 Å². The van der Waals surface area contributed by atoms with E-state index in [1.54, 1.807) is 36.3 Å². The fraction of sp³-hybridized carbons (Fsp3) is 0.429. The smallest absolute Gasteiger partial charge is 0.322 e. The van der Waals surface area contributed by atoms with Gasteiger partial charge in [0.2, 0.25) is 0 Å². The fourth-order valence-electron chi connectivity index (χ4n) is 2.18. The lowest BCUT2D eigenvalue weighted by Crippen LogP contribution is -2.45. The lowest BCUT2D eigenvalue weighted by molar-refractivity contribution is 0.182. The largest absolute Gasteiger partial charge is 0.497 e. The molecule has 1 heterocycles. The standard InChI is InChI=1S/C14H17N3O2/c1-19-13-7-5-11(6-8-13)16-14(18)17-9-3-2-4-12(17)10-15/h5-8,12H,2-4,9H2,1H3,(H,16,18). The Hall–Kier alpha value is -2.22. The number of methoxy groups -OCH3 is 1. The van der Waals surface area contributed by atoms with Crippen LogP contribution in [0.25, 0.3) is 0 Å². The molecule has 1 saturated heterocycles. The van der Waals surface area contributed by atoms with Crippen molar-refractivity contribution in [1.29, 1.82) is 5.26 Å². The van der Waals surface area contributed by atoms with Crippen molar-refractivity contribution >= 4 is 11.7 Å². The number of hydrogen-bond donors (Lipinski definition) is 1. The number of amides is 2. The molecule has 100 valence electrons. The zero-order valence-corrected chi connectivity index (χ0v) is 10.9. The van der Waals surface area contributed by atoms with Gasteiger partial charge in [0.15, 0.2) is 0 Å². The molecule has 1 aromatic rings. The summed E-state index contributed by atoms with van der Waals surface area (Å²) in [5, 5.41) is 11.9. The quantitative estimate of drug-likeness (QED) is 0.887. The van der Waals surface area contributed by atoms with Crippen molar-refractivity contribution < 1.29 is 9.53 Å². The first-order valence-electron chi connectivity index (χ1n) is 6.36. The van der Waals surface area contributed by atoms with E-state index in [2.05, 4.69) is 11.4 Å². The summed E-state index contributed by atoms with van der Waals surface area (Å²) in [4.78, 5) is 13.7. The average Bonchev–Trinajstić information content (AvgIpc) is 2.48. The predicted octanol–water partition coefficient (Wildman–Crippen LogP) is 2.61. The van der Waals surface area contributed by atoms with Crippen molar-refractivity contribution in [1.82, 2.24) is 4.90 Å². The van der Waals surface area contributed by atoms with Crippen molar-refractivity contribution in [2.45, 2.75) is 25.3 Å². The molecule has 2 rings (SSSR count). The molecular formula is C14H17N3O2. The summed E-state index contributed by atoms with van der Waals surface area (Å²) >= 11 is 0. The van der Waals surface area contributed by atoms with Crippen LogP contribution in [0.5, 0.6) is 5.75 Å². The number of carbonyl (C=O) groups is 1. The van der Waals surface area contributed by atoms with Gasteiger partial charge in [-0.1, -0.05) is 0 Å². The molecule has 5 heteroatoms. The van der Waals surface area contributed by atoms with Crippen LogP contribution < -0.4 is 10.1 Å². The van der Waals surface area contributed by atoms with E-state index in [0.29, 0.717) is 12.2 Å². The van der Waals surface area contributed by atoms with Crippen molar-refractivity contribution in [2.24, 2.45) is 0 Å². The molecule has 0 radical (unpaired) electrons. The Morgan fingerprint density at radius 1 is 1.42 bits per heavy atom. The van der Waals surface area contributed by atoms with Gasteiger partial charge in [0, 0.05) is 12.2 Å². The molecule has 19 heavy (non-hydrogen) atoms. The average molecular weight is 259 g/mol. The van der Waals surface area contributed by atoms with E-state index in [9.17, 15) is 4.79 Å². The van der Waals surface area contributed by atoms with Crippen LogP contribution in [0.1, 0.15) is 19.3 Å². The lowest BCUT2D eigenvalue weighted by Gasteiger charge is -2.31. The number of rotatable bonds is 2. The monoisotopic (exact) mass is 259 g/mol. The summed E-state index contributed by atoms with van der Waals surface area (Å²) in [6.07, 6.45) is 2.71. The molecule has 1 fully saturated rings. The van der Waals surface area contributed by atoms with Gasteiger partial charge in [-0.15, -0.1) is 0 Å². The first-order chi connectivity index (χ1) is 9.24. The first-order valence-corrected chi connectivity index (χ1v) is 6.36. The molecule has 1 N–H and O–H groups in total. The fourth-order valence-corrected chi connectivity index (χ4v) is 2.18.